The Kier molecular flexibility index (Phi) is 5.99. The molecule has 4 nitrogen and oxygen atoms in total. The number of ether oxygens (including phenoxy) is 1. The maximum absolute atomic E-state index is 9.83. The molecule has 3 aromatic carbocycles. The average molecular weight is 437 g/mol. The quantitative estimate of drug-likeness (QED) is 0.362. The number of phenolic OH excluding ortho intramolecular Hbond substituents is 1. The zero-order valence-electron chi connectivity index (χ0n) is 18.9. The van der Waals surface area contributed by atoms with Crippen molar-refractivity contribution in [1.29, 1.82) is 0 Å². The van der Waals surface area contributed by atoms with E-state index in [-0.39, 0.29) is 5.75 Å². The van der Waals surface area contributed by atoms with Crippen LogP contribution in [0.5, 0.6) is 11.5 Å². The highest BCUT2D eigenvalue weighted by atomic mass is 16.5. The van der Waals surface area contributed by atoms with Crippen LogP contribution in [0.3, 0.4) is 0 Å². The van der Waals surface area contributed by atoms with Gasteiger partial charge in [0.15, 0.2) is 0 Å². The van der Waals surface area contributed by atoms with Crippen LogP contribution in [-0.4, -0.2) is 29.8 Å². The Hall–Kier alpha value is -3.79. The van der Waals surface area contributed by atoms with Gasteiger partial charge in [0.1, 0.15) is 11.5 Å². The summed E-state index contributed by atoms with van der Waals surface area (Å²) in [4.78, 5) is 7.63. The van der Waals surface area contributed by atoms with E-state index in [2.05, 4.69) is 47.4 Å². The summed E-state index contributed by atoms with van der Waals surface area (Å²) >= 11 is 0. The summed E-state index contributed by atoms with van der Waals surface area (Å²) in [5.41, 5.74) is 7.18. The Morgan fingerprint density at radius 2 is 1.55 bits per heavy atom. The van der Waals surface area contributed by atoms with Crippen LogP contribution in [0.25, 0.3) is 33.6 Å². The van der Waals surface area contributed by atoms with Crippen molar-refractivity contribution in [2.75, 3.05) is 24.6 Å². The highest BCUT2D eigenvalue weighted by Crippen LogP contribution is 2.43. The van der Waals surface area contributed by atoms with E-state index in [1.165, 1.54) is 12.8 Å². The number of aromatic hydroxyl groups is 1. The van der Waals surface area contributed by atoms with E-state index >= 15 is 0 Å². The Morgan fingerprint density at radius 3 is 2.27 bits per heavy atom. The summed E-state index contributed by atoms with van der Waals surface area (Å²) < 4.78 is 6.09. The number of rotatable bonds is 6. The first-order valence-corrected chi connectivity index (χ1v) is 11.6. The Bertz CT molecular complexity index is 1230. The average Bonchev–Trinajstić information content (AvgIpc) is 3.39. The summed E-state index contributed by atoms with van der Waals surface area (Å²) in [6, 6.07) is 28.1. The van der Waals surface area contributed by atoms with Crippen molar-refractivity contribution in [2.24, 2.45) is 0 Å². The summed E-state index contributed by atoms with van der Waals surface area (Å²) in [5.74, 6) is 1.16. The first-order valence-electron chi connectivity index (χ1n) is 11.6. The van der Waals surface area contributed by atoms with Crippen LogP contribution in [-0.2, 0) is 0 Å². The van der Waals surface area contributed by atoms with Crippen molar-refractivity contribution in [3.8, 4) is 45.1 Å². The van der Waals surface area contributed by atoms with Gasteiger partial charge in [-0.1, -0.05) is 60.7 Å². The second kappa shape index (κ2) is 9.37. The lowest BCUT2D eigenvalue weighted by molar-refractivity contribution is 0.341. The molecule has 166 valence electrons. The number of benzene rings is 3. The van der Waals surface area contributed by atoms with Crippen molar-refractivity contribution in [2.45, 2.75) is 19.8 Å². The van der Waals surface area contributed by atoms with E-state index in [4.69, 9.17) is 9.72 Å². The molecule has 0 saturated carbocycles. The largest absolute Gasteiger partial charge is 0.508 e. The van der Waals surface area contributed by atoms with Gasteiger partial charge in [0, 0.05) is 29.8 Å². The fourth-order valence-electron chi connectivity index (χ4n) is 4.56. The second-order valence-electron chi connectivity index (χ2n) is 8.29. The fourth-order valence-corrected chi connectivity index (χ4v) is 4.56. The van der Waals surface area contributed by atoms with Gasteiger partial charge in [-0.2, -0.15) is 0 Å². The molecule has 0 radical (unpaired) electrons. The van der Waals surface area contributed by atoms with Gasteiger partial charge in [-0.3, -0.25) is 0 Å². The van der Waals surface area contributed by atoms with Gasteiger partial charge in [0.05, 0.1) is 23.7 Å². The third-order valence-corrected chi connectivity index (χ3v) is 6.12. The molecule has 1 saturated heterocycles. The molecule has 1 N–H and O–H groups in total. The van der Waals surface area contributed by atoms with Crippen LogP contribution in [0.1, 0.15) is 19.8 Å². The smallest absolute Gasteiger partial charge is 0.143 e. The molecule has 4 heteroatoms. The molecule has 1 aromatic heterocycles. The molecule has 1 aliphatic rings. The van der Waals surface area contributed by atoms with Crippen LogP contribution in [0.4, 0.5) is 5.69 Å². The van der Waals surface area contributed by atoms with E-state index in [1.807, 2.05) is 37.3 Å². The number of hydrogen-bond donors (Lipinski definition) is 1. The van der Waals surface area contributed by atoms with Gasteiger partial charge in [-0.15, -0.1) is 0 Å². The van der Waals surface area contributed by atoms with Crippen molar-refractivity contribution in [3.05, 3.63) is 84.9 Å². The molecule has 0 spiro atoms. The number of hydrogen-bond acceptors (Lipinski definition) is 4. The van der Waals surface area contributed by atoms with Crippen LogP contribution in [0.15, 0.2) is 84.9 Å². The molecule has 33 heavy (non-hydrogen) atoms. The molecule has 0 bridgehead atoms. The predicted molar refractivity (Wildman–Crippen MR) is 135 cm³/mol. The van der Waals surface area contributed by atoms with E-state index in [1.54, 1.807) is 12.1 Å². The maximum Gasteiger partial charge on any atom is 0.143 e. The third-order valence-electron chi connectivity index (χ3n) is 6.12. The van der Waals surface area contributed by atoms with E-state index in [0.29, 0.717) is 6.61 Å². The summed E-state index contributed by atoms with van der Waals surface area (Å²) in [5, 5.41) is 9.83. The summed E-state index contributed by atoms with van der Waals surface area (Å²) in [7, 11) is 0. The SMILES string of the molecule is CCOc1cccc(-c2nc(-c3ccccc3)ccc2-c2ccc(O)cc2)c1N1CCCC1. The lowest BCUT2D eigenvalue weighted by atomic mass is 9.96. The molecule has 1 fully saturated rings. The molecular weight excluding hydrogens is 408 g/mol. The first-order chi connectivity index (χ1) is 16.2. The molecule has 0 unspecified atom stereocenters. The highest BCUT2D eigenvalue weighted by Gasteiger charge is 2.24. The Balaban J connectivity index is 1.75. The minimum atomic E-state index is 0.255. The number of pyridine rings is 1. The van der Waals surface area contributed by atoms with Crippen LogP contribution in [0.2, 0.25) is 0 Å². The number of aromatic nitrogens is 1. The number of nitrogens with zero attached hydrogens (tertiary/aromatic N) is 2. The van der Waals surface area contributed by atoms with Crippen molar-refractivity contribution in [3.63, 3.8) is 0 Å². The van der Waals surface area contributed by atoms with Crippen molar-refractivity contribution >= 4 is 5.69 Å². The molecular formula is C29H28N2O2. The van der Waals surface area contributed by atoms with E-state index < -0.39 is 0 Å². The molecule has 1 aliphatic heterocycles. The highest BCUT2D eigenvalue weighted by molar-refractivity contribution is 5.91. The number of para-hydroxylation sites is 1. The van der Waals surface area contributed by atoms with Gasteiger partial charge < -0.3 is 14.7 Å². The zero-order valence-corrected chi connectivity index (χ0v) is 18.9. The molecule has 0 amide bonds. The minimum absolute atomic E-state index is 0.255. The Labute approximate surface area is 195 Å². The topological polar surface area (TPSA) is 45.6 Å². The van der Waals surface area contributed by atoms with Crippen molar-refractivity contribution in [1.82, 2.24) is 4.98 Å². The third kappa shape index (κ3) is 4.29. The minimum Gasteiger partial charge on any atom is -0.508 e. The van der Waals surface area contributed by atoms with Crippen LogP contribution >= 0.6 is 0 Å². The van der Waals surface area contributed by atoms with Gasteiger partial charge in [0.25, 0.3) is 0 Å². The standard InChI is InChI=1S/C29H28N2O2/c1-2-33-27-12-8-11-25(29(27)31-19-6-7-20-31)28-24(21-13-15-23(32)16-14-21)17-18-26(30-28)22-9-4-3-5-10-22/h3-5,8-18,32H,2,6-7,19-20H2,1H3. The summed E-state index contributed by atoms with van der Waals surface area (Å²) in [6.07, 6.45) is 2.37. The molecule has 5 rings (SSSR count). The van der Waals surface area contributed by atoms with Crippen LogP contribution < -0.4 is 9.64 Å². The maximum atomic E-state index is 9.83. The Morgan fingerprint density at radius 1 is 0.788 bits per heavy atom. The molecule has 4 aromatic rings. The molecule has 2 heterocycles. The van der Waals surface area contributed by atoms with E-state index in [9.17, 15) is 5.11 Å². The number of anilines is 1. The van der Waals surface area contributed by atoms with Gasteiger partial charge in [-0.25, -0.2) is 4.98 Å². The van der Waals surface area contributed by atoms with Gasteiger partial charge in [0.2, 0.25) is 0 Å². The van der Waals surface area contributed by atoms with Gasteiger partial charge >= 0.3 is 0 Å². The zero-order chi connectivity index (χ0) is 22.6. The lowest BCUT2D eigenvalue weighted by Crippen LogP contribution is -2.20. The second-order valence-corrected chi connectivity index (χ2v) is 8.29. The first kappa shape index (κ1) is 21.1. The predicted octanol–water partition coefficient (Wildman–Crippen LogP) is 6.79. The van der Waals surface area contributed by atoms with E-state index in [0.717, 1.165) is 58.2 Å². The monoisotopic (exact) mass is 436 g/mol. The summed E-state index contributed by atoms with van der Waals surface area (Å²) in [6.45, 7) is 4.68. The fraction of sp³-hybridized carbons (Fsp3) is 0.207. The number of phenols is 1. The molecule has 0 aliphatic carbocycles. The van der Waals surface area contributed by atoms with Crippen molar-refractivity contribution < 1.29 is 9.84 Å². The lowest BCUT2D eigenvalue weighted by Gasteiger charge is -2.25. The normalized spacial score (nSPS) is 13.3. The van der Waals surface area contributed by atoms with Gasteiger partial charge in [-0.05, 0) is 49.6 Å². The van der Waals surface area contributed by atoms with Crippen LogP contribution in [0, 0.1) is 0 Å². The molecule has 0 atom stereocenters.